The van der Waals surface area contributed by atoms with Gasteiger partial charge in [0.1, 0.15) is 0 Å². The molecular weight excluding hydrogens is 238 g/mol. The Labute approximate surface area is 113 Å². The summed E-state index contributed by atoms with van der Waals surface area (Å²) in [4.78, 5) is 11.5. The van der Waals surface area contributed by atoms with Crippen LogP contribution in [0.4, 0.5) is 5.69 Å². The topological polar surface area (TPSA) is 52.3 Å². The lowest BCUT2D eigenvalue weighted by Gasteiger charge is -2.00. The van der Waals surface area contributed by atoms with Crippen molar-refractivity contribution in [2.45, 2.75) is 13.3 Å². The summed E-state index contributed by atoms with van der Waals surface area (Å²) in [7, 11) is 0. The van der Waals surface area contributed by atoms with Gasteiger partial charge in [-0.2, -0.15) is 0 Å². The van der Waals surface area contributed by atoms with Gasteiger partial charge in [0.2, 0.25) is 0 Å². The number of rotatable bonds is 5. The van der Waals surface area contributed by atoms with Crippen LogP contribution in [0.1, 0.15) is 12.5 Å². The fraction of sp³-hybridized carbons (Fsp3) is 0.125. The van der Waals surface area contributed by atoms with Crippen molar-refractivity contribution in [3.8, 4) is 0 Å². The number of anilines is 1. The molecule has 0 atom stereocenters. The number of nitrogen functional groups attached to an aromatic ring is 1. The third-order valence-corrected chi connectivity index (χ3v) is 2.30. The molecule has 0 spiro atoms. The first-order chi connectivity index (χ1) is 9.11. The van der Waals surface area contributed by atoms with Crippen molar-refractivity contribution in [3.05, 3.63) is 72.2 Å². The summed E-state index contributed by atoms with van der Waals surface area (Å²) < 4.78 is 4.96. The lowest BCUT2D eigenvalue weighted by molar-refractivity contribution is -0.137. The van der Waals surface area contributed by atoms with Crippen molar-refractivity contribution in [1.29, 1.82) is 0 Å². The molecular formula is C16H17NO2. The van der Waals surface area contributed by atoms with Gasteiger partial charge in [-0.3, -0.25) is 4.79 Å². The Kier molecular flexibility index (Phi) is 5.93. The highest BCUT2D eigenvalue weighted by molar-refractivity contribution is 5.73. The highest BCUT2D eigenvalue weighted by Gasteiger charge is 2.02. The van der Waals surface area contributed by atoms with Crippen molar-refractivity contribution in [2.24, 2.45) is 0 Å². The summed E-state index contributed by atoms with van der Waals surface area (Å²) in [6.45, 7) is 5.37. The Morgan fingerprint density at radius 2 is 2.11 bits per heavy atom. The fourth-order valence-electron chi connectivity index (χ4n) is 1.36. The van der Waals surface area contributed by atoms with Gasteiger partial charge in [0, 0.05) is 5.69 Å². The summed E-state index contributed by atoms with van der Waals surface area (Å²) in [6.07, 6.45) is 6.78. The number of carbonyl (C=O) groups excluding carboxylic acids is 1. The van der Waals surface area contributed by atoms with Crippen LogP contribution in [0.15, 0.2) is 66.6 Å². The molecule has 0 aliphatic heterocycles. The second kappa shape index (κ2) is 7.75. The predicted octanol–water partition coefficient (Wildman–Crippen LogP) is 3.16. The van der Waals surface area contributed by atoms with E-state index < -0.39 is 0 Å². The molecule has 2 N–H and O–H groups in total. The van der Waals surface area contributed by atoms with Crippen LogP contribution in [0.5, 0.6) is 0 Å². The Morgan fingerprint density at radius 1 is 1.42 bits per heavy atom. The summed E-state index contributed by atoms with van der Waals surface area (Å²) in [5.74, 6) is -0.314. The van der Waals surface area contributed by atoms with E-state index in [4.69, 9.17) is 10.5 Å². The van der Waals surface area contributed by atoms with Crippen LogP contribution in [0.2, 0.25) is 0 Å². The van der Waals surface area contributed by atoms with Gasteiger partial charge in [0.25, 0.3) is 0 Å². The molecule has 98 valence electrons. The summed E-state index contributed by atoms with van der Waals surface area (Å²) >= 11 is 0. The standard InChI is InChI=1S/C16H17NO2/c1-3-5-13(2)6-4-11-19-16(18)12-14-7-9-15(17)10-8-14/h4-11H,1,12,17H2,2H3/b11-4+,13-6-. The molecule has 0 aliphatic rings. The van der Waals surface area contributed by atoms with Crippen LogP contribution in [0, 0.1) is 0 Å². The molecule has 0 aliphatic carbocycles. The molecule has 0 radical (unpaired) electrons. The third-order valence-electron chi connectivity index (χ3n) is 2.30. The lowest BCUT2D eigenvalue weighted by Crippen LogP contribution is -2.03. The first kappa shape index (κ1) is 14.6. The van der Waals surface area contributed by atoms with Crippen molar-refractivity contribution >= 4 is 11.7 Å². The predicted molar refractivity (Wildman–Crippen MR) is 77.3 cm³/mol. The first-order valence-electron chi connectivity index (χ1n) is 5.85. The van der Waals surface area contributed by atoms with E-state index in [1.165, 1.54) is 6.26 Å². The molecule has 19 heavy (non-hydrogen) atoms. The molecule has 0 aromatic heterocycles. The number of esters is 1. The van der Waals surface area contributed by atoms with E-state index in [1.807, 2.05) is 6.92 Å². The normalized spacial score (nSPS) is 11.1. The Balaban J connectivity index is 2.44. The van der Waals surface area contributed by atoms with Gasteiger partial charge < -0.3 is 10.5 Å². The number of ether oxygens (including phenoxy) is 1. The Hall–Kier alpha value is -2.51. The van der Waals surface area contributed by atoms with Gasteiger partial charge in [-0.25, -0.2) is 0 Å². The van der Waals surface area contributed by atoms with Gasteiger partial charge in [-0.1, -0.05) is 24.8 Å². The average molecular weight is 255 g/mol. The summed E-state index contributed by atoms with van der Waals surface area (Å²) in [6, 6.07) is 7.12. The maximum absolute atomic E-state index is 11.5. The third kappa shape index (κ3) is 6.10. The Morgan fingerprint density at radius 3 is 2.74 bits per heavy atom. The number of hydrogen-bond donors (Lipinski definition) is 1. The number of allylic oxidation sites excluding steroid dienone is 4. The van der Waals surface area contributed by atoms with Crippen LogP contribution < -0.4 is 5.73 Å². The van der Waals surface area contributed by atoms with Gasteiger partial charge in [0.05, 0.1) is 12.7 Å². The van der Waals surface area contributed by atoms with E-state index in [0.717, 1.165) is 11.1 Å². The van der Waals surface area contributed by atoms with Crippen LogP contribution in [-0.2, 0) is 16.0 Å². The largest absolute Gasteiger partial charge is 0.434 e. The van der Waals surface area contributed by atoms with Crippen molar-refractivity contribution in [3.63, 3.8) is 0 Å². The van der Waals surface area contributed by atoms with E-state index in [1.54, 1.807) is 42.5 Å². The molecule has 1 aromatic rings. The minimum absolute atomic E-state index is 0.222. The second-order valence-corrected chi connectivity index (χ2v) is 4.00. The Bertz CT molecular complexity index is 532. The molecule has 0 heterocycles. The summed E-state index contributed by atoms with van der Waals surface area (Å²) in [5.41, 5.74) is 10.7. The van der Waals surface area contributed by atoms with E-state index >= 15 is 0 Å². The maximum Gasteiger partial charge on any atom is 0.315 e. The van der Waals surface area contributed by atoms with E-state index in [-0.39, 0.29) is 12.4 Å². The van der Waals surface area contributed by atoms with Crippen molar-refractivity contribution < 1.29 is 9.53 Å². The molecule has 3 nitrogen and oxygen atoms in total. The molecule has 0 unspecified atom stereocenters. The minimum Gasteiger partial charge on any atom is -0.434 e. The number of benzene rings is 1. The van der Waals surface area contributed by atoms with Gasteiger partial charge >= 0.3 is 5.97 Å². The van der Waals surface area contributed by atoms with E-state index in [9.17, 15) is 4.79 Å². The monoisotopic (exact) mass is 255 g/mol. The lowest BCUT2D eigenvalue weighted by atomic mass is 10.1. The van der Waals surface area contributed by atoms with Crippen molar-refractivity contribution in [2.75, 3.05) is 5.73 Å². The summed E-state index contributed by atoms with van der Waals surface area (Å²) in [5, 5.41) is 0. The molecule has 0 amide bonds. The van der Waals surface area contributed by atoms with Crippen LogP contribution in [0.3, 0.4) is 0 Å². The minimum atomic E-state index is -0.314. The van der Waals surface area contributed by atoms with Gasteiger partial charge in [-0.15, -0.1) is 5.73 Å². The molecule has 0 fully saturated rings. The molecule has 1 rings (SSSR count). The molecule has 1 aromatic carbocycles. The highest BCUT2D eigenvalue weighted by Crippen LogP contribution is 2.06. The van der Waals surface area contributed by atoms with Crippen LogP contribution >= 0.6 is 0 Å². The van der Waals surface area contributed by atoms with Gasteiger partial charge in [-0.05, 0) is 42.3 Å². The first-order valence-corrected chi connectivity index (χ1v) is 5.85. The maximum atomic E-state index is 11.5. The number of hydrogen-bond acceptors (Lipinski definition) is 3. The van der Waals surface area contributed by atoms with Crippen molar-refractivity contribution in [1.82, 2.24) is 0 Å². The van der Waals surface area contributed by atoms with Crippen LogP contribution in [0.25, 0.3) is 0 Å². The average Bonchev–Trinajstić information content (AvgIpc) is 2.38. The second-order valence-electron chi connectivity index (χ2n) is 4.00. The smallest absolute Gasteiger partial charge is 0.315 e. The zero-order chi connectivity index (χ0) is 14.1. The molecule has 0 saturated heterocycles. The highest BCUT2D eigenvalue weighted by atomic mass is 16.5. The zero-order valence-electron chi connectivity index (χ0n) is 10.9. The molecule has 0 saturated carbocycles. The molecule has 3 heteroatoms. The zero-order valence-corrected chi connectivity index (χ0v) is 10.9. The van der Waals surface area contributed by atoms with Crippen LogP contribution in [-0.4, -0.2) is 5.97 Å². The van der Waals surface area contributed by atoms with E-state index in [0.29, 0.717) is 5.69 Å². The number of carbonyl (C=O) groups is 1. The quantitative estimate of drug-likeness (QED) is 0.289. The SMILES string of the molecule is C=C=C/C(C)=C\C=C\OC(=O)Cc1ccc(N)cc1. The fourth-order valence-corrected chi connectivity index (χ4v) is 1.36. The number of nitrogens with two attached hydrogens (primary N) is 1. The molecule has 0 bridgehead atoms. The van der Waals surface area contributed by atoms with Gasteiger partial charge in [0.15, 0.2) is 0 Å². The van der Waals surface area contributed by atoms with E-state index in [2.05, 4.69) is 12.3 Å².